The topological polar surface area (TPSA) is 111 Å². The Kier molecular flexibility index (Phi) is 10.3. The smallest absolute Gasteiger partial charge is 0.246 e. The van der Waals surface area contributed by atoms with Gasteiger partial charge in [0.1, 0.15) is 22.8 Å². The molecule has 1 saturated heterocycles. The number of imide groups is 1. The summed E-state index contributed by atoms with van der Waals surface area (Å²) in [6, 6.07) is 11.2. The number of carbonyl (C=O) groups is 3. The number of nitrogens with two attached hydrogens (primary N) is 1. The van der Waals surface area contributed by atoms with Crippen LogP contribution in [0.25, 0.3) is 0 Å². The quantitative estimate of drug-likeness (QED) is 0.420. The summed E-state index contributed by atoms with van der Waals surface area (Å²) in [6.45, 7) is 4.52. The molecule has 0 radical (unpaired) electrons. The van der Waals surface area contributed by atoms with Gasteiger partial charge >= 0.3 is 0 Å². The number of amides is 2. The number of rotatable bonds is 12. The summed E-state index contributed by atoms with van der Waals surface area (Å²) in [4.78, 5) is 44.0. The van der Waals surface area contributed by atoms with Gasteiger partial charge in [0.25, 0.3) is 0 Å². The lowest BCUT2D eigenvalue weighted by atomic mass is 9.98. The summed E-state index contributed by atoms with van der Waals surface area (Å²) in [5.41, 5.74) is 7.41. The van der Waals surface area contributed by atoms with E-state index in [0.29, 0.717) is 30.2 Å². The first kappa shape index (κ1) is 29.1. The Morgan fingerprint density at radius 3 is 2.24 bits per heavy atom. The summed E-state index contributed by atoms with van der Waals surface area (Å²) in [7, 11) is 4.47. The van der Waals surface area contributed by atoms with Gasteiger partial charge in [-0.15, -0.1) is 0 Å². The van der Waals surface area contributed by atoms with Gasteiger partial charge in [-0.05, 0) is 30.9 Å². The molecule has 0 unspecified atom stereocenters. The predicted molar refractivity (Wildman–Crippen MR) is 144 cm³/mol. The molecule has 0 aliphatic carbocycles. The molecule has 1 aliphatic heterocycles. The van der Waals surface area contributed by atoms with Crippen molar-refractivity contribution in [3.05, 3.63) is 53.6 Å². The number of benzene rings is 2. The fourth-order valence-electron chi connectivity index (χ4n) is 4.73. The Bertz CT molecular complexity index is 1100. The number of ketones is 1. The summed E-state index contributed by atoms with van der Waals surface area (Å²) in [5, 5.41) is 0. The van der Waals surface area contributed by atoms with Crippen molar-refractivity contribution in [1.29, 1.82) is 0 Å². The summed E-state index contributed by atoms with van der Waals surface area (Å²) >= 11 is 0. The van der Waals surface area contributed by atoms with Gasteiger partial charge in [-0.25, -0.2) is 0 Å². The summed E-state index contributed by atoms with van der Waals surface area (Å²) in [5.74, 6) is 0.0872. The van der Waals surface area contributed by atoms with E-state index in [9.17, 15) is 14.4 Å². The minimum absolute atomic E-state index is 0.0275. The molecular formula is C29H39N3O6. The molecule has 9 nitrogen and oxygen atoms in total. The van der Waals surface area contributed by atoms with E-state index in [-0.39, 0.29) is 36.3 Å². The molecule has 9 heteroatoms. The van der Waals surface area contributed by atoms with Gasteiger partial charge in [0.15, 0.2) is 5.78 Å². The molecule has 3 atom stereocenters. The molecule has 38 heavy (non-hydrogen) atoms. The SMILES string of the molecule is CC[C@H](C)[C@H](N)C(=O)N(Cc1ccccc1)C(=O)[C@@H]1CCCN1CC(=O)c1c(OC)cc(OC)cc1OC. The maximum atomic E-state index is 13.9. The second-order valence-electron chi connectivity index (χ2n) is 9.62. The van der Waals surface area contributed by atoms with E-state index < -0.39 is 18.0 Å². The zero-order valence-electron chi connectivity index (χ0n) is 22.9. The lowest BCUT2D eigenvalue weighted by molar-refractivity contribution is -0.149. The van der Waals surface area contributed by atoms with Crippen LogP contribution in [-0.2, 0) is 16.1 Å². The lowest BCUT2D eigenvalue weighted by Gasteiger charge is -2.31. The van der Waals surface area contributed by atoms with Gasteiger partial charge in [-0.1, -0.05) is 50.6 Å². The minimum atomic E-state index is -0.794. The van der Waals surface area contributed by atoms with Crippen molar-refractivity contribution in [2.24, 2.45) is 11.7 Å². The van der Waals surface area contributed by atoms with E-state index in [4.69, 9.17) is 19.9 Å². The molecule has 1 heterocycles. The molecule has 0 spiro atoms. The van der Waals surface area contributed by atoms with Crippen molar-refractivity contribution in [2.75, 3.05) is 34.4 Å². The van der Waals surface area contributed by atoms with Gasteiger partial charge in [-0.2, -0.15) is 0 Å². The fourth-order valence-corrected chi connectivity index (χ4v) is 4.73. The van der Waals surface area contributed by atoms with Gasteiger partial charge in [-0.3, -0.25) is 24.2 Å². The Labute approximate surface area is 224 Å². The van der Waals surface area contributed by atoms with Crippen LogP contribution in [0.4, 0.5) is 0 Å². The number of likely N-dealkylation sites (tertiary alicyclic amines) is 1. The maximum absolute atomic E-state index is 13.9. The zero-order valence-corrected chi connectivity index (χ0v) is 22.9. The largest absolute Gasteiger partial charge is 0.496 e. The molecule has 1 fully saturated rings. The van der Waals surface area contributed by atoms with E-state index in [2.05, 4.69) is 0 Å². The van der Waals surface area contributed by atoms with E-state index >= 15 is 0 Å². The molecule has 2 N–H and O–H groups in total. The van der Waals surface area contributed by atoms with Crippen molar-refractivity contribution < 1.29 is 28.6 Å². The Morgan fingerprint density at radius 2 is 1.68 bits per heavy atom. The van der Waals surface area contributed by atoms with Crippen LogP contribution in [0.5, 0.6) is 17.2 Å². The molecule has 0 aromatic heterocycles. The highest BCUT2D eigenvalue weighted by Gasteiger charge is 2.39. The van der Waals surface area contributed by atoms with Gasteiger partial charge in [0.05, 0.1) is 46.5 Å². The van der Waals surface area contributed by atoms with Gasteiger partial charge < -0.3 is 19.9 Å². The molecule has 3 rings (SSSR count). The molecular weight excluding hydrogens is 486 g/mol. The fraction of sp³-hybridized carbons (Fsp3) is 0.483. The molecule has 0 bridgehead atoms. The second-order valence-corrected chi connectivity index (χ2v) is 9.62. The molecule has 2 aromatic rings. The highest BCUT2D eigenvalue weighted by atomic mass is 16.5. The normalized spacial score (nSPS) is 16.9. The Morgan fingerprint density at radius 1 is 1.05 bits per heavy atom. The summed E-state index contributed by atoms with van der Waals surface area (Å²) < 4.78 is 16.2. The maximum Gasteiger partial charge on any atom is 0.246 e. The summed E-state index contributed by atoms with van der Waals surface area (Å²) in [6.07, 6.45) is 1.99. The predicted octanol–water partition coefficient (Wildman–Crippen LogP) is 3.29. The molecule has 206 valence electrons. The van der Waals surface area contributed by atoms with Crippen LogP contribution in [0.2, 0.25) is 0 Å². The van der Waals surface area contributed by atoms with Crippen molar-refractivity contribution in [3.63, 3.8) is 0 Å². The van der Waals surface area contributed by atoms with Crippen LogP contribution < -0.4 is 19.9 Å². The number of methoxy groups -OCH3 is 3. The van der Waals surface area contributed by atoms with E-state index in [0.717, 1.165) is 18.4 Å². The Hall–Kier alpha value is -3.43. The van der Waals surface area contributed by atoms with Crippen molar-refractivity contribution in [3.8, 4) is 17.2 Å². The van der Waals surface area contributed by atoms with Crippen LogP contribution >= 0.6 is 0 Å². The Balaban J connectivity index is 1.87. The number of hydrogen-bond donors (Lipinski definition) is 1. The molecule has 2 amide bonds. The van der Waals surface area contributed by atoms with Crippen molar-refractivity contribution in [1.82, 2.24) is 9.80 Å². The first-order chi connectivity index (χ1) is 18.2. The highest BCUT2D eigenvalue weighted by Crippen LogP contribution is 2.35. The average molecular weight is 526 g/mol. The second kappa shape index (κ2) is 13.4. The van der Waals surface area contributed by atoms with E-state index in [1.165, 1.54) is 26.2 Å². The third-order valence-corrected chi connectivity index (χ3v) is 7.25. The highest BCUT2D eigenvalue weighted by molar-refractivity contribution is 6.04. The average Bonchev–Trinajstić information content (AvgIpc) is 3.41. The molecule has 1 aliphatic rings. The molecule has 0 saturated carbocycles. The minimum Gasteiger partial charge on any atom is -0.496 e. The number of nitrogens with zero attached hydrogens (tertiary/aromatic N) is 2. The van der Waals surface area contributed by atoms with E-state index in [1.54, 1.807) is 12.1 Å². The van der Waals surface area contributed by atoms with Crippen LogP contribution in [0.3, 0.4) is 0 Å². The van der Waals surface area contributed by atoms with Crippen LogP contribution in [-0.4, -0.2) is 73.9 Å². The molecule has 2 aromatic carbocycles. The number of carbonyl (C=O) groups excluding carboxylic acids is 3. The van der Waals surface area contributed by atoms with Crippen LogP contribution in [0.1, 0.15) is 49.0 Å². The zero-order chi connectivity index (χ0) is 27.8. The number of hydrogen-bond acceptors (Lipinski definition) is 8. The van der Waals surface area contributed by atoms with Crippen LogP contribution in [0, 0.1) is 5.92 Å². The number of ether oxygens (including phenoxy) is 3. The first-order valence-electron chi connectivity index (χ1n) is 13.0. The van der Waals surface area contributed by atoms with Gasteiger partial charge in [0.2, 0.25) is 11.8 Å². The standard InChI is InChI=1S/C29H39N3O6/c1-6-19(2)27(30)29(35)32(17-20-11-8-7-9-12-20)28(34)22-13-10-14-31(22)18-23(33)26-24(37-4)15-21(36-3)16-25(26)38-5/h7-9,11-12,15-16,19,22,27H,6,10,13-14,17-18,30H2,1-5H3/t19-,22-,27-/m0/s1. The van der Waals surface area contributed by atoms with E-state index in [1.807, 2.05) is 49.1 Å². The van der Waals surface area contributed by atoms with Crippen molar-refractivity contribution in [2.45, 2.75) is 51.7 Å². The third-order valence-electron chi connectivity index (χ3n) is 7.25. The number of Topliss-reactive ketones (excluding diaryl/α,β-unsaturated/α-hetero) is 1. The lowest BCUT2D eigenvalue weighted by Crippen LogP contribution is -2.54. The third kappa shape index (κ3) is 6.52. The van der Waals surface area contributed by atoms with Crippen molar-refractivity contribution >= 4 is 17.6 Å². The first-order valence-corrected chi connectivity index (χ1v) is 13.0. The monoisotopic (exact) mass is 525 g/mol. The van der Waals surface area contributed by atoms with Gasteiger partial charge in [0, 0.05) is 12.1 Å². The van der Waals surface area contributed by atoms with Crippen LogP contribution in [0.15, 0.2) is 42.5 Å².